The highest BCUT2D eigenvalue weighted by Crippen LogP contribution is 2.21. The van der Waals surface area contributed by atoms with E-state index >= 15 is 0 Å². The normalized spacial score (nSPS) is 10.4. The second kappa shape index (κ2) is 5.66. The maximum absolute atomic E-state index is 11.8. The number of ether oxygens (including phenoxy) is 1. The van der Waals surface area contributed by atoms with Gasteiger partial charge in [-0.15, -0.1) is 0 Å². The Labute approximate surface area is 101 Å². The van der Waals surface area contributed by atoms with Gasteiger partial charge in [-0.25, -0.2) is 4.79 Å². The van der Waals surface area contributed by atoms with Gasteiger partial charge in [-0.05, 0) is 25.8 Å². The molecule has 1 aromatic heterocycles. The van der Waals surface area contributed by atoms with Crippen LogP contribution >= 0.6 is 0 Å². The Kier molecular flexibility index (Phi) is 4.49. The molecule has 0 fully saturated rings. The van der Waals surface area contributed by atoms with E-state index in [1.807, 2.05) is 13.8 Å². The Morgan fingerprint density at radius 2 is 1.88 bits per heavy atom. The number of carbonyl (C=O) groups is 2. The molecule has 0 atom stereocenters. The Hall–Kier alpha value is -1.58. The molecule has 0 saturated heterocycles. The van der Waals surface area contributed by atoms with Gasteiger partial charge >= 0.3 is 5.97 Å². The van der Waals surface area contributed by atoms with Gasteiger partial charge < -0.3 is 9.72 Å². The summed E-state index contributed by atoms with van der Waals surface area (Å²) in [5.41, 5.74) is 2.55. The predicted octanol–water partition coefficient (Wildman–Crippen LogP) is 2.65. The number of H-pyrrole nitrogens is 1. The first kappa shape index (κ1) is 13.5. The van der Waals surface area contributed by atoms with Crippen LogP contribution in [-0.2, 0) is 11.2 Å². The molecule has 1 aromatic rings. The summed E-state index contributed by atoms with van der Waals surface area (Å²) in [6.45, 7) is 7.63. The number of Topliss-reactive ketones (excluding diaryl/α,β-unsaturated/α-hetero) is 1. The minimum absolute atomic E-state index is 0.0282. The number of ketones is 1. The van der Waals surface area contributed by atoms with E-state index in [4.69, 9.17) is 4.74 Å². The van der Waals surface area contributed by atoms with Crippen molar-refractivity contribution in [2.24, 2.45) is 0 Å². The van der Waals surface area contributed by atoms with Crippen molar-refractivity contribution in [1.82, 2.24) is 4.98 Å². The second-order valence-corrected chi connectivity index (χ2v) is 3.83. The summed E-state index contributed by atoms with van der Waals surface area (Å²) in [6, 6.07) is 0. The summed E-state index contributed by atoms with van der Waals surface area (Å²) in [5, 5.41) is 0. The average molecular weight is 237 g/mol. The number of hydrogen-bond acceptors (Lipinski definition) is 3. The molecule has 0 radical (unpaired) electrons. The largest absolute Gasteiger partial charge is 0.462 e. The van der Waals surface area contributed by atoms with Crippen molar-refractivity contribution < 1.29 is 14.3 Å². The van der Waals surface area contributed by atoms with E-state index in [-0.39, 0.29) is 11.8 Å². The van der Waals surface area contributed by atoms with Gasteiger partial charge in [0.2, 0.25) is 0 Å². The molecule has 0 aliphatic carbocycles. The van der Waals surface area contributed by atoms with E-state index in [1.54, 1.807) is 13.8 Å². The molecule has 0 saturated carbocycles. The van der Waals surface area contributed by atoms with E-state index in [1.165, 1.54) is 0 Å². The highest BCUT2D eigenvalue weighted by molar-refractivity contribution is 6.01. The van der Waals surface area contributed by atoms with Crippen LogP contribution in [0.2, 0.25) is 0 Å². The zero-order chi connectivity index (χ0) is 13.0. The maximum Gasteiger partial charge on any atom is 0.340 e. The monoisotopic (exact) mass is 237 g/mol. The highest BCUT2D eigenvalue weighted by atomic mass is 16.5. The third-order valence-electron chi connectivity index (χ3n) is 2.72. The molecular formula is C13H19NO3. The van der Waals surface area contributed by atoms with Crippen LogP contribution in [0.1, 0.15) is 59.3 Å². The fraction of sp³-hybridized carbons (Fsp3) is 0.538. The van der Waals surface area contributed by atoms with Crippen LogP contribution in [0.5, 0.6) is 0 Å². The topological polar surface area (TPSA) is 59.2 Å². The molecule has 94 valence electrons. The van der Waals surface area contributed by atoms with Crippen LogP contribution < -0.4 is 0 Å². The Balaban J connectivity index is 3.26. The molecule has 0 aliphatic heterocycles. The predicted molar refractivity (Wildman–Crippen MR) is 65.5 cm³/mol. The molecule has 1 heterocycles. The van der Waals surface area contributed by atoms with Crippen LogP contribution in [-0.4, -0.2) is 23.3 Å². The number of esters is 1. The first-order valence-electron chi connectivity index (χ1n) is 5.98. The third-order valence-corrected chi connectivity index (χ3v) is 2.72. The van der Waals surface area contributed by atoms with Crippen LogP contribution in [0.15, 0.2) is 0 Å². The van der Waals surface area contributed by atoms with Crippen LogP contribution in [0.3, 0.4) is 0 Å². The van der Waals surface area contributed by atoms with Crippen molar-refractivity contribution in [3.05, 3.63) is 22.5 Å². The fourth-order valence-corrected chi connectivity index (χ4v) is 1.92. The lowest BCUT2D eigenvalue weighted by Gasteiger charge is -2.04. The molecule has 0 aliphatic rings. The second-order valence-electron chi connectivity index (χ2n) is 3.83. The number of rotatable bonds is 5. The molecule has 0 amide bonds. The molecule has 1 N–H and O–H groups in total. The number of carbonyl (C=O) groups excluding carboxylic acids is 2. The highest BCUT2D eigenvalue weighted by Gasteiger charge is 2.23. The molecule has 0 unspecified atom stereocenters. The summed E-state index contributed by atoms with van der Waals surface area (Å²) >= 11 is 0. The molecule has 0 aromatic carbocycles. The van der Waals surface area contributed by atoms with Gasteiger partial charge in [0.25, 0.3) is 0 Å². The van der Waals surface area contributed by atoms with Crippen LogP contribution in [0.25, 0.3) is 0 Å². The van der Waals surface area contributed by atoms with Crippen molar-refractivity contribution in [1.29, 1.82) is 0 Å². The third kappa shape index (κ3) is 2.57. The summed E-state index contributed by atoms with van der Waals surface area (Å²) < 4.78 is 5.01. The molecule has 0 bridgehead atoms. The Bertz CT molecular complexity index is 432. The van der Waals surface area contributed by atoms with E-state index in [2.05, 4.69) is 4.98 Å². The quantitative estimate of drug-likeness (QED) is 0.632. The standard InChI is InChI=1S/C13H19NO3/c1-5-9-11(13(16)17-7-3)8(4)14-12(9)10(15)6-2/h14H,5-7H2,1-4H3. The number of aromatic nitrogens is 1. The number of aromatic amines is 1. The molecule has 4 nitrogen and oxygen atoms in total. The lowest BCUT2D eigenvalue weighted by atomic mass is 10.0. The van der Waals surface area contributed by atoms with Gasteiger partial charge in [-0.2, -0.15) is 0 Å². The van der Waals surface area contributed by atoms with Crippen molar-refractivity contribution in [2.45, 2.75) is 40.5 Å². The first-order valence-corrected chi connectivity index (χ1v) is 5.98. The molecule has 4 heteroatoms. The first-order chi connectivity index (χ1) is 8.06. The molecule has 0 spiro atoms. The van der Waals surface area contributed by atoms with Crippen molar-refractivity contribution in [3.8, 4) is 0 Å². The molecular weight excluding hydrogens is 218 g/mol. The molecule has 17 heavy (non-hydrogen) atoms. The Morgan fingerprint density at radius 1 is 1.24 bits per heavy atom. The number of hydrogen-bond donors (Lipinski definition) is 1. The zero-order valence-electron chi connectivity index (χ0n) is 10.8. The summed E-state index contributed by atoms with van der Waals surface area (Å²) in [6.07, 6.45) is 1.06. The zero-order valence-corrected chi connectivity index (χ0v) is 10.8. The number of aryl methyl sites for hydroxylation is 1. The van der Waals surface area contributed by atoms with E-state index < -0.39 is 0 Å². The van der Waals surface area contributed by atoms with Gasteiger partial charge in [-0.3, -0.25) is 4.79 Å². The lowest BCUT2D eigenvalue weighted by molar-refractivity contribution is 0.0524. The van der Waals surface area contributed by atoms with Gasteiger partial charge in [0.1, 0.15) is 0 Å². The van der Waals surface area contributed by atoms with Gasteiger partial charge in [0.15, 0.2) is 5.78 Å². The van der Waals surface area contributed by atoms with Crippen LogP contribution in [0.4, 0.5) is 0 Å². The van der Waals surface area contributed by atoms with Gasteiger partial charge in [0, 0.05) is 12.1 Å². The Morgan fingerprint density at radius 3 is 2.35 bits per heavy atom. The average Bonchev–Trinajstić information content (AvgIpc) is 2.65. The van der Waals surface area contributed by atoms with Gasteiger partial charge in [0.05, 0.1) is 17.9 Å². The van der Waals surface area contributed by atoms with Crippen molar-refractivity contribution in [3.63, 3.8) is 0 Å². The van der Waals surface area contributed by atoms with E-state index in [0.29, 0.717) is 36.4 Å². The van der Waals surface area contributed by atoms with E-state index in [0.717, 1.165) is 5.56 Å². The summed E-state index contributed by atoms with van der Waals surface area (Å²) in [4.78, 5) is 26.6. The fourth-order valence-electron chi connectivity index (χ4n) is 1.92. The maximum atomic E-state index is 11.8. The number of nitrogens with one attached hydrogen (secondary N) is 1. The minimum atomic E-state index is -0.353. The van der Waals surface area contributed by atoms with Gasteiger partial charge in [-0.1, -0.05) is 13.8 Å². The lowest BCUT2D eigenvalue weighted by Crippen LogP contribution is -2.09. The SMILES string of the molecule is CCOC(=O)c1c(C)[nH]c(C(=O)CC)c1CC. The van der Waals surface area contributed by atoms with Crippen molar-refractivity contribution >= 4 is 11.8 Å². The van der Waals surface area contributed by atoms with Crippen LogP contribution in [0, 0.1) is 6.92 Å². The summed E-state index contributed by atoms with van der Waals surface area (Å²) in [7, 11) is 0. The van der Waals surface area contributed by atoms with Crippen molar-refractivity contribution in [2.75, 3.05) is 6.61 Å². The molecule has 1 rings (SSSR count). The minimum Gasteiger partial charge on any atom is -0.462 e. The van der Waals surface area contributed by atoms with E-state index in [9.17, 15) is 9.59 Å². The summed E-state index contributed by atoms with van der Waals surface area (Å²) in [5.74, 6) is -0.325. The smallest absolute Gasteiger partial charge is 0.340 e.